The van der Waals surface area contributed by atoms with Gasteiger partial charge in [-0.05, 0) is 0 Å². The Kier molecular flexibility index (Phi) is 5.51. The van der Waals surface area contributed by atoms with Gasteiger partial charge < -0.3 is 0 Å². The molecule has 0 bridgehead atoms. The van der Waals surface area contributed by atoms with Crippen LogP contribution in [-0.4, -0.2) is 25.2 Å². The van der Waals surface area contributed by atoms with Crippen LogP contribution in [0.25, 0.3) is 0 Å². The lowest BCUT2D eigenvalue weighted by molar-refractivity contribution is 0.556. The molecule has 0 aliphatic rings. The zero-order chi connectivity index (χ0) is 6.95. The lowest BCUT2D eigenvalue weighted by Crippen LogP contribution is -2.09. The van der Waals surface area contributed by atoms with Gasteiger partial charge >= 0.3 is 0 Å². The van der Waals surface area contributed by atoms with Crippen LogP contribution in [0, 0.1) is 0 Å². The molecule has 0 atom stereocenters. The van der Waals surface area contributed by atoms with E-state index in [1.165, 1.54) is 12.2 Å². The number of aliphatic imine (C=N–C) groups is 1. The van der Waals surface area contributed by atoms with Crippen LogP contribution < -0.4 is 5.43 Å². The van der Waals surface area contributed by atoms with Crippen LogP contribution in [0.2, 0.25) is 0 Å². The van der Waals surface area contributed by atoms with Gasteiger partial charge in [0.15, 0.2) is 0 Å². The summed E-state index contributed by atoms with van der Waals surface area (Å²) in [5.41, 5.74) is 2.30. The van der Waals surface area contributed by atoms with Gasteiger partial charge in [-0.25, -0.2) is 14.6 Å². The summed E-state index contributed by atoms with van der Waals surface area (Å²) in [7, 11) is 0. The normalized spacial score (nSPS) is 6.67. The Morgan fingerprint density at radius 3 is 2.67 bits per heavy atom. The molecule has 0 amide bonds. The molecule has 0 rings (SSSR count). The molecule has 0 fully saturated rings. The van der Waals surface area contributed by atoms with Crippen molar-refractivity contribution in [2.45, 2.75) is 0 Å². The molecule has 0 radical (unpaired) electrons. The van der Waals surface area contributed by atoms with E-state index in [1.807, 2.05) is 0 Å². The van der Waals surface area contributed by atoms with E-state index in [9.17, 15) is 9.59 Å². The third-order valence-electron chi connectivity index (χ3n) is 0.525. The van der Waals surface area contributed by atoms with E-state index in [2.05, 4.69) is 15.5 Å². The van der Waals surface area contributed by atoms with E-state index in [4.69, 9.17) is 0 Å². The molecule has 0 unspecified atom stereocenters. The highest BCUT2D eigenvalue weighted by Gasteiger charge is 1.76. The molecule has 5 nitrogen and oxygen atoms in total. The van der Waals surface area contributed by atoms with Crippen LogP contribution in [0.5, 0.6) is 0 Å². The first kappa shape index (κ1) is 7.56. The van der Waals surface area contributed by atoms with Crippen LogP contribution in [-0.2, 0) is 9.59 Å². The lowest BCUT2D eigenvalue weighted by Gasteiger charge is -1.87. The Hall–Kier alpha value is -1.44. The summed E-state index contributed by atoms with van der Waals surface area (Å²) >= 11 is 0. The van der Waals surface area contributed by atoms with Crippen molar-refractivity contribution in [1.29, 1.82) is 0 Å². The summed E-state index contributed by atoms with van der Waals surface area (Å²) in [5.74, 6) is 0. The summed E-state index contributed by atoms with van der Waals surface area (Å²) < 4.78 is 0. The second kappa shape index (κ2) is 6.56. The maximum absolute atomic E-state index is 9.41. The Balaban J connectivity index is 3.09. The van der Waals surface area contributed by atoms with Crippen molar-refractivity contribution in [1.82, 2.24) is 5.43 Å². The van der Waals surface area contributed by atoms with Crippen LogP contribution in [0.3, 0.4) is 0 Å². The topological polar surface area (TPSA) is 70.9 Å². The standard InChI is InChI=1S/C4H5N3O2/c8-3-5-1-2-6-7-4-9/h6H,1-2H2. The minimum Gasteiger partial charge on any atom is -0.297 e. The van der Waals surface area contributed by atoms with E-state index in [1.54, 1.807) is 0 Å². The fourth-order valence-corrected chi connectivity index (χ4v) is 0.240. The molecular weight excluding hydrogens is 122 g/mol. The van der Waals surface area contributed by atoms with Crippen LogP contribution in [0.1, 0.15) is 0 Å². The number of isocyanates is 2. The van der Waals surface area contributed by atoms with Gasteiger partial charge in [-0.1, -0.05) is 5.10 Å². The number of carbonyl (C=O) groups excluding carboxylic acids is 2. The van der Waals surface area contributed by atoms with Crippen molar-refractivity contribution in [3.8, 4) is 0 Å². The highest BCUT2D eigenvalue weighted by molar-refractivity contribution is 5.33. The minimum atomic E-state index is 0.272. The Morgan fingerprint density at radius 1 is 1.33 bits per heavy atom. The monoisotopic (exact) mass is 127 g/mol. The molecule has 5 heteroatoms. The summed E-state index contributed by atoms with van der Waals surface area (Å²) in [6.45, 7) is 0.624. The lowest BCUT2D eigenvalue weighted by atomic mass is 10.7. The highest BCUT2D eigenvalue weighted by atomic mass is 16.1. The van der Waals surface area contributed by atoms with E-state index in [0.717, 1.165) is 0 Å². The van der Waals surface area contributed by atoms with E-state index < -0.39 is 0 Å². The van der Waals surface area contributed by atoms with Crippen molar-refractivity contribution < 1.29 is 9.59 Å². The SMILES string of the molecule is O=C=NCCNN=C=O. The molecule has 48 valence electrons. The number of nitrogens with zero attached hydrogens (tertiary/aromatic N) is 2. The van der Waals surface area contributed by atoms with Crippen molar-refractivity contribution >= 4 is 12.2 Å². The van der Waals surface area contributed by atoms with Crippen molar-refractivity contribution in [3.05, 3.63) is 0 Å². The van der Waals surface area contributed by atoms with Gasteiger partial charge in [0.05, 0.1) is 13.1 Å². The van der Waals surface area contributed by atoms with E-state index in [-0.39, 0.29) is 6.54 Å². The average molecular weight is 127 g/mol. The predicted octanol–water partition coefficient (Wildman–Crippen LogP) is -0.837. The first-order chi connectivity index (χ1) is 4.41. The van der Waals surface area contributed by atoms with Gasteiger partial charge in [-0.15, -0.1) is 0 Å². The number of hydrogen-bond acceptors (Lipinski definition) is 5. The van der Waals surface area contributed by atoms with Gasteiger partial charge in [0.25, 0.3) is 6.08 Å². The summed E-state index contributed by atoms with van der Waals surface area (Å²) in [5, 5.41) is 3.00. The maximum atomic E-state index is 9.41. The second-order valence-corrected chi connectivity index (χ2v) is 1.08. The van der Waals surface area contributed by atoms with Crippen molar-refractivity contribution in [2.75, 3.05) is 13.1 Å². The Labute approximate surface area is 51.5 Å². The van der Waals surface area contributed by atoms with Crippen molar-refractivity contribution in [3.63, 3.8) is 0 Å². The molecule has 1 N–H and O–H groups in total. The average Bonchev–Trinajstić information content (AvgIpc) is 1.89. The maximum Gasteiger partial charge on any atom is 0.258 e. The molecule has 0 aromatic carbocycles. The number of rotatable bonds is 4. The summed E-state index contributed by atoms with van der Waals surface area (Å²) in [4.78, 5) is 22.0. The molecule has 0 aromatic heterocycles. The predicted molar refractivity (Wildman–Crippen MR) is 29.1 cm³/mol. The second-order valence-electron chi connectivity index (χ2n) is 1.08. The molecule has 0 saturated heterocycles. The molecule has 9 heavy (non-hydrogen) atoms. The largest absolute Gasteiger partial charge is 0.297 e. The molecule has 0 spiro atoms. The van der Waals surface area contributed by atoms with Gasteiger partial charge in [-0.3, -0.25) is 5.43 Å². The van der Waals surface area contributed by atoms with Crippen molar-refractivity contribution in [2.24, 2.45) is 10.1 Å². The fourth-order valence-electron chi connectivity index (χ4n) is 0.240. The first-order valence-corrected chi connectivity index (χ1v) is 2.25. The molecule has 0 aromatic rings. The van der Waals surface area contributed by atoms with E-state index in [0.29, 0.717) is 6.54 Å². The molecule has 0 aliphatic heterocycles. The van der Waals surface area contributed by atoms with Gasteiger partial charge in [-0.2, -0.15) is 0 Å². The summed E-state index contributed by atoms with van der Waals surface area (Å²) in [6.07, 6.45) is 2.61. The third-order valence-corrected chi connectivity index (χ3v) is 0.525. The first-order valence-electron chi connectivity index (χ1n) is 2.25. The zero-order valence-electron chi connectivity index (χ0n) is 4.63. The van der Waals surface area contributed by atoms with Gasteiger partial charge in [0.1, 0.15) is 0 Å². The Bertz CT molecular complexity index is 137. The minimum absolute atomic E-state index is 0.272. The third kappa shape index (κ3) is 6.56. The zero-order valence-corrected chi connectivity index (χ0v) is 4.63. The highest BCUT2D eigenvalue weighted by Crippen LogP contribution is 1.61. The van der Waals surface area contributed by atoms with Crippen LogP contribution in [0.4, 0.5) is 0 Å². The molecular formula is C4H5N3O2. The Morgan fingerprint density at radius 2 is 2.11 bits per heavy atom. The number of hydrogen-bond donors (Lipinski definition) is 1. The smallest absolute Gasteiger partial charge is 0.258 e. The molecule has 0 saturated carbocycles. The molecule has 0 heterocycles. The van der Waals surface area contributed by atoms with Gasteiger partial charge in [0.2, 0.25) is 6.08 Å². The van der Waals surface area contributed by atoms with Gasteiger partial charge in [0, 0.05) is 0 Å². The van der Waals surface area contributed by atoms with E-state index >= 15 is 0 Å². The number of nitrogens with one attached hydrogen (secondary N) is 1. The number of hydrazone groups is 1. The van der Waals surface area contributed by atoms with Crippen LogP contribution in [0.15, 0.2) is 10.1 Å². The quantitative estimate of drug-likeness (QED) is 0.232. The summed E-state index contributed by atoms with van der Waals surface area (Å²) in [6, 6.07) is 0. The van der Waals surface area contributed by atoms with Crippen LogP contribution >= 0.6 is 0 Å². The fraction of sp³-hybridized carbons (Fsp3) is 0.500. The molecule has 0 aliphatic carbocycles.